The lowest BCUT2D eigenvalue weighted by atomic mass is 9.93. The quantitative estimate of drug-likeness (QED) is 0.829. The van der Waals surface area contributed by atoms with Crippen molar-refractivity contribution in [2.45, 2.75) is 38.4 Å². The van der Waals surface area contributed by atoms with Crippen molar-refractivity contribution < 1.29 is 8.42 Å². The summed E-state index contributed by atoms with van der Waals surface area (Å²) in [4.78, 5) is 4.19. The summed E-state index contributed by atoms with van der Waals surface area (Å²) >= 11 is 5.94. The number of aromatic nitrogens is 1. The normalized spacial score (nSPS) is 14.2. The minimum Gasteiger partial charge on any atom is -0.392 e. The Morgan fingerprint density at radius 1 is 1.56 bits per heavy atom. The van der Waals surface area contributed by atoms with E-state index in [-0.39, 0.29) is 10.4 Å². The van der Waals surface area contributed by atoms with Gasteiger partial charge in [-0.25, -0.2) is 13.4 Å². The first-order valence-corrected chi connectivity index (χ1v) is 8.14. The second kappa shape index (κ2) is 5.10. The zero-order valence-electron chi connectivity index (χ0n) is 10.7. The first kappa shape index (κ1) is 15.3. The van der Waals surface area contributed by atoms with Crippen LogP contribution in [0.5, 0.6) is 0 Å². The van der Waals surface area contributed by atoms with Crippen LogP contribution in [0, 0.1) is 0 Å². The molecular formula is C10H17N3O2S3. The Morgan fingerprint density at radius 3 is 2.50 bits per heavy atom. The Labute approximate surface area is 117 Å². The molecule has 1 rings (SSSR count). The van der Waals surface area contributed by atoms with Crippen molar-refractivity contribution in [3.8, 4) is 0 Å². The molecule has 1 aromatic heterocycles. The monoisotopic (exact) mass is 307 g/mol. The number of hydrogen-bond donors (Lipinski definition) is 2. The van der Waals surface area contributed by atoms with Crippen molar-refractivity contribution in [1.29, 1.82) is 0 Å². The van der Waals surface area contributed by atoms with Crippen LogP contribution >= 0.6 is 23.6 Å². The lowest BCUT2D eigenvalue weighted by Gasteiger charge is -2.14. The molecule has 0 spiro atoms. The molecule has 18 heavy (non-hydrogen) atoms. The molecule has 8 heteroatoms. The summed E-state index contributed by atoms with van der Waals surface area (Å²) in [5.74, 6) is 0. The van der Waals surface area contributed by atoms with Gasteiger partial charge < -0.3 is 5.73 Å². The summed E-state index contributed by atoms with van der Waals surface area (Å²) in [6.07, 6.45) is 0. The molecule has 1 heterocycles. The molecule has 0 aliphatic carbocycles. The molecule has 0 amide bonds. The van der Waals surface area contributed by atoms with Crippen LogP contribution < -0.4 is 10.5 Å². The molecule has 3 N–H and O–H groups in total. The van der Waals surface area contributed by atoms with Gasteiger partial charge in [-0.2, -0.15) is 0 Å². The van der Waals surface area contributed by atoms with Crippen LogP contribution in [0.25, 0.3) is 0 Å². The summed E-state index contributed by atoms with van der Waals surface area (Å²) in [7, 11) is -3.61. The number of hydrogen-bond acceptors (Lipinski definition) is 5. The third kappa shape index (κ3) is 3.63. The molecule has 0 saturated carbocycles. The van der Waals surface area contributed by atoms with E-state index in [1.165, 1.54) is 18.3 Å². The van der Waals surface area contributed by atoms with Crippen molar-refractivity contribution in [3.63, 3.8) is 0 Å². The maximum absolute atomic E-state index is 11.9. The van der Waals surface area contributed by atoms with Gasteiger partial charge in [0.1, 0.15) is 5.25 Å². The molecular weight excluding hydrogens is 290 g/mol. The topological polar surface area (TPSA) is 85.1 Å². The van der Waals surface area contributed by atoms with E-state index in [9.17, 15) is 8.42 Å². The van der Waals surface area contributed by atoms with Crippen molar-refractivity contribution >= 4 is 43.7 Å². The van der Waals surface area contributed by atoms with Gasteiger partial charge in [-0.1, -0.05) is 33.0 Å². The lowest BCUT2D eigenvalue weighted by Crippen LogP contribution is -2.35. The minimum absolute atomic E-state index is 0.0601. The molecule has 0 aliphatic heterocycles. The summed E-state index contributed by atoms with van der Waals surface area (Å²) in [5, 5.41) is 1.25. The smallest absolute Gasteiger partial charge is 0.243 e. The fraction of sp³-hybridized carbons (Fsp3) is 0.600. The Hall–Kier alpha value is -0.730. The number of anilines is 1. The predicted molar refractivity (Wildman–Crippen MR) is 79.6 cm³/mol. The highest BCUT2D eigenvalue weighted by Crippen LogP contribution is 2.27. The molecule has 0 aromatic carbocycles. The number of nitrogens with one attached hydrogen (secondary N) is 1. The largest absolute Gasteiger partial charge is 0.392 e. The second-order valence-corrected chi connectivity index (χ2v) is 8.31. The van der Waals surface area contributed by atoms with E-state index in [1.54, 1.807) is 0 Å². The Morgan fingerprint density at radius 2 is 2.11 bits per heavy atom. The fourth-order valence-corrected chi connectivity index (χ4v) is 3.50. The Bertz CT molecular complexity index is 543. The molecule has 102 valence electrons. The highest BCUT2D eigenvalue weighted by atomic mass is 32.2. The zero-order chi connectivity index (χ0) is 14.1. The SMILES string of the molecule is CC(C(N)=S)S(=O)(=O)Nc1nc(C(C)(C)C)cs1. The van der Waals surface area contributed by atoms with Crippen LogP contribution in [-0.2, 0) is 15.4 Å². The summed E-state index contributed by atoms with van der Waals surface area (Å²) in [6, 6.07) is 0. The Kier molecular flexibility index (Phi) is 4.34. The van der Waals surface area contributed by atoms with Gasteiger partial charge in [-0.05, 0) is 6.92 Å². The number of sulfonamides is 1. The Balaban J connectivity index is 2.93. The molecule has 0 saturated heterocycles. The molecule has 1 atom stereocenters. The van der Waals surface area contributed by atoms with Crippen LogP contribution in [0.1, 0.15) is 33.4 Å². The second-order valence-electron chi connectivity index (χ2n) is 4.98. The van der Waals surface area contributed by atoms with Crippen molar-refractivity contribution in [2.75, 3.05) is 4.72 Å². The van der Waals surface area contributed by atoms with E-state index in [1.807, 2.05) is 26.2 Å². The standard InChI is InChI=1S/C10H17N3O2S3/c1-6(8(11)16)18(14,15)13-9-12-7(5-17-9)10(2,3)4/h5-6H,1-4H3,(H2,11,16)(H,12,13). The molecule has 0 aliphatic rings. The van der Waals surface area contributed by atoms with Crippen molar-refractivity contribution in [2.24, 2.45) is 5.73 Å². The third-order valence-corrected chi connectivity index (χ3v) is 5.42. The van der Waals surface area contributed by atoms with Gasteiger partial charge in [-0.15, -0.1) is 11.3 Å². The highest BCUT2D eigenvalue weighted by molar-refractivity contribution is 7.95. The first-order valence-electron chi connectivity index (χ1n) is 5.31. The maximum atomic E-state index is 11.9. The maximum Gasteiger partial charge on any atom is 0.243 e. The average molecular weight is 307 g/mol. The van der Waals surface area contributed by atoms with Gasteiger partial charge in [0.15, 0.2) is 5.13 Å². The van der Waals surface area contributed by atoms with Gasteiger partial charge in [0, 0.05) is 10.8 Å². The highest BCUT2D eigenvalue weighted by Gasteiger charge is 2.25. The number of nitrogens with two attached hydrogens (primary N) is 1. The van der Waals surface area contributed by atoms with Gasteiger partial charge in [0.05, 0.1) is 10.7 Å². The fourth-order valence-electron chi connectivity index (χ4n) is 1.03. The number of rotatable bonds is 4. The summed E-state index contributed by atoms with van der Waals surface area (Å²) in [6.45, 7) is 7.48. The molecule has 5 nitrogen and oxygen atoms in total. The number of thiazole rings is 1. The minimum atomic E-state index is -3.61. The van der Waals surface area contributed by atoms with Gasteiger partial charge in [-0.3, -0.25) is 4.72 Å². The molecule has 0 fully saturated rings. The lowest BCUT2D eigenvalue weighted by molar-refractivity contribution is 0.573. The number of thiocarbonyl (C=S) groups is 1. The van der Waals surface area contributed by atoms with Crippen molar-refractivity contribution in [1.82, 2.24) is 4.98 Å². The van der Waals surface area contributed by atoms with Crippen LogP contribution in [-0.4, -0.2) is 23.6 Å². The summed E-state index contributed by atoms with van der Waals surface area (Å²) < 4.78 is 26.2. The van der Waals surface area contributed by atoms with E-state index in [2.05, 4.69) is 21.9 Å². The van der Waals surface area contributed by atoms with Crippen LogP contribution in [0.15, 0.2) is 5.38 Å². The van der Waals surface area contributed by atoms with E-state index in [0.717, 1.165) is 5.69 Å². The van der Waals surface area contributed by atoms with E-state index < -0.39 is 15.3 Å². The zero-order valence-corrected chi connectivity index (χ0v) is 13.2. The third-order valence-electron chi connectivity index (χ3n) is 2.37. The van der Waals surface area contributed by atoms with Crippen LogP contribution in [0.3, 0.4) is 0 Å². The summed E-state index contributed by atoms with van der Waals surface area (Å²) in [5.41, 5.74) is 6.07. The number of nitrogens with zero attached hydrogens (tertiary/aromatic N) is 1. The predicted octanol–water partition coefficient (Wildman–Crippen LogP) is 1.86. The first-order chi connectivity index (χ1) is 8.04. The van der Waals surface area contributed by atoms with Crippen LogP contribution in [0.4, 0.5) is 5.13 Å². The van der Waals surface area contributed by atoms with E-state index in [4.69, 9.17) is 5.73 Å². The molecule has 1 unspecified atom stereocenters. The molecule has 0 radical (unpaired) electrons. The van der Waals surface area contributed by atoms with Crippen molar-refractivity contribution in [3.05, 3.63) is 11.1 Å². The van der Waals surface area contributed by atoms with E-state index in [0.29, 0.717) is 5.13 Å². The van der Waals surface area contributed by atoms with Gasteiger partial charge in [0.25, 0.3) is 0 Å². The van der Waals surface area contributed by atoms with Crippen LogP contribution in [0.2, 0.25) is 0 Å². The van der Waals surface area contributed by atoms with E-state index >= 15 is 0 Å². The van der Waals surface area contributed by atoms with Gasteiger partial charge in [0.2, 0.25) is 10.0 Å². The molecule has 0 bridgehead atoms. The molecule has 1 aromatic rings. The average Bonchev–Trinajstić information content (AvgIpc) is 2.63. The van der Waals surface area contributed by atoms with Gasteiger partial charge >= 0.3 is 0 Å².